The fourth-order valence-corrected chi connectivity index (χ4v) is 3.33. The van der Waals surface area contributed by atoms with Crippen molar-refractivity contribution in [3.63, 3.8) is 0 Å². The fourth-order valence-electron chi connectivity index (χ4n) is 2.86. The highest BCUT2D eigenvalue weighted by Gasteiger charge is 2.23. The second-order valence-corrected chi connectivity index (χ2v) is 6.44. The molecule has 1 heterocycles. The van der Waals surface area contributed by atoms with E-state index >= 15 is 0 Å². The highest BCUT2D eigenvalue weighted by molar-refractivity contribution is 6.35. The molecule has 21 heavy (non-hydrogen) atoms. The average Bonchev–Trinajstić information content (AvgIpc) is 2.47. The van der Waals surface area contributed by atoms with Crippen molar-refractivity contribution in [3.05, 3.63) is 28.2 Å². The summed E-state index contributed by atoms with van der Waals surface area (Å²) in [4.78, 5) is 2.38. The molecule has 1 N–H and O–H groups in total. The molecular formula is C16H23Cl2NO2. The van der Waals surface area contributed by atoms with E-state index in [1.54, 1.807) is 18.2 Å². The maximum Gasteiger partial charge on any atom is 0.138 e. The van der Waals surface area contributed by atoms with Crippen LogP contribution in [0.5, 0.6) is 5.75 Å². The van der Waals surface area contributed by atoms with Gasteiger partial charge in [0.2, 0.25) is 0 Å². The molecule has 1 aliphatic rings. The van der Waals surface area contributed by atoms with E-state index in [-0.39, 0.29) is 6.61 Å². The number of aliphatic hydroxyl groups is 1. The number of β-amino-alcohol motifs (C(OH)–C–C–N with tert-alkyl or cyclic N) is 1. The smallest absolute Gasteiger partial charge is 0.138 e. The van der Waals surface area contributed by atoms with Gasteiger partial charge in [0.1, 0.15) is 18.5 Å². The third-order valence-corrected chi connectivity index (χ3v) is 4.52. The first-order valence-electron chi connectivity index (χ1n) is 7.60. The van der Waals surface area contributed by atoms with Crippen LogP contribution in [0, 0.1) is 0 Å². The van der Waals surface area contributed by atoms with Gasteiger partial charge < -0.3 is 9.84 Å². The molecule has 0 spiro atoms. The Morgan fingerprint density at radius 2 is 2.19 bits per heavy atom. The normalized spacial score (nSPS) is 21.2. The monoisotopic (exact) mass is 331 g/mol. The van der Waals surface area contributed by atoms with Crippen molar-refractivity contribution in [2.45, 2.75) is 44.8 Å². The summed E-state index contributed by atoms with van der Waals surface area (Å²) in [6.07, 6.45) is 4.36. The minimum atomic E-state index is -0.510. The van der Waals surface area contributed by atoms with E-state index in [0.717, 1.165) is 13.0 Å². The Labute approximate surface area is 136 Å². The minimum Gasteiger partial charge on any atom is -0.489 e. The second-order valence-electron chi connectivity index (χ2n) is 5.59. The Hall–Kier alpha value is -0.480. The summed E-state index contributed by atoms with van der Waals surface area (Å²) >= 11 is 11.9. The Balaban J connectivity index is 1.82. The molecule has 2 rings (SSSR count). The van der Waals surface area contributed by atoms with Crippen molar-refractivity contribution in [3.8, 4) is 5.75 Å². The summed E-state index contributed by atoms with van der Waals surface area (Å²) in [6, 6.07) is 5.69. The van der Waals surface area contributed by atoms with Crippen molar-refractivity contribution in [1.29, 1.82) is 0 Å². The van der Waals surface area contributed by atoms with Gasteiger partial charge in [-0.3, -0.25) is 4.90 Å². The molecule has 3 nitrogen and oxygen atoms in total. The van der Waals surface area contributed by atoms with Crippen LogP contribution in [0.3, 0.4) is 0 Å². The van der Waals surface area contributed by atoms with Crippen molar-refractivity contribution in [2.24, 2.45) is 0 Å². The van der Waals surface area contributed by atoms with Gasteiger partial charge in [0.15, 0.2) is 0 Å². The quantitative estimate of drug-likeness (QED) is 0.855. The topological polar surface area (TPSA) is 32.7 Å². The van der Waals surface area contributed by atoms with Crippen LogP contribution in [0.2, 0.25) is 10.0 Å². The molecule has 2 atom stereocenters. The van der Waals surface area contributed by atoms with Crippen LogP contribution in [-0.4, -0.2) is 41.8 Å². The van der Waals surface area contributed by atoms with Crippen molar-refractivity contribution < 1.29 is 9.84 Å². The van der Waals surface area contributed by atoms with Crippen LogP contribution >= 0.6 is 23.2 Å². The molecule has 1 aromatic rings. The Kier molecular flexibility index (Phi) is 6.62. The van der Waals surface area contributed by atoms with E-state index in [2.05, 4.69) is 11.8 Å². The highest BCUT2D eigenvalue weighted by atomic mass is 35.5. The van der Waals surface area contributed by atoms with Gasteiger partial charge in [0.25, 0.3) is 0 Å². The van der Waals surface area contributed by atoms with Gasteiger partial charge in [-0.15, -0.1) is 0 Å². The van der Waals surface area contributed by atoms with Crippen molar-refractivity contribution in [2.75, 3.05) is 19.7 Å². The van der Waals surface area contributed by atoms with Crippen molar-refractivity contribution in [1.82, 2.24) is 4.90 Å². The molecule has 0 amide bonds. The summed E-state index contributed by atoms with van der Waals surface area (Å²) < 4.78 is 5.60. The predicted molar refractivity (Wildman–Crippen MR) is 87.5 cm³/mol. The summed E-state index contributed by atoms with van der Waals surface area (Å²) in [6.45, 7) is 4.18. The van der Waals surface area contributed by atoms with E-state index in [4.69, 9.17) is 27.9 Å². The van der Waals surface area contributed by atoms with Crippen LogP contribution in [0.25, 0.3) is 0 Å². The third-order valence-electron chi connectivity index (χ3n) is 3.99. The second kappa shape index (κ2) is 8.23. The minimum absolute atomic E-state index is 0.244. The Bertz CT molecular complexity index is 456. The van der Waals surface area contributed by atoms with Gasteiger partial charge in [0.05, 0.1) is 5.02 Å². The summed E-state index contributed by atoms with van der Waals surface area (Å²) in [5.74, 6) is 0.561. The van der Waals surface area contributed by atoms with Crippen LogP contribution in [0.4, 0.5) is 0 Å². The van der Waals surface area contributed by atoms with E-state index in [0.29, 0.717) is 28.4 Å². The average molecular weight is 332 g/mol. The van der Waals surface area contributed by atoms with Crippen LogP contribution in [0.1, 0.15) is 32.6 Å². The van der Waals surface area contributed by atoms with Gasteiger partial charge in [-0.25, -0.2) is 0 Å². The number of aliphatic hydroxyl groups excluding tert-OH is 1. The summed E-state index contributed by atoms with van der Waals surface area (Å²) in [5, 5.41) is 11.2. The third kappa shape index (κ3) is 5.03. The molecule has 0 aliphatic carbocycles. The molecule has 0 radical (unpaired) electrons. The molecule has 1 fully saturated rings. The number of nitrogens with zero attached hydrogens (tertiary/aromatic N) is 1. The van der Waals surface area contributed by atoms with Gasteiger partial charge in [-0.1, -0.05) is 36.5 Å². The van der Waals surface area contributed by atoms with E-state index in [1.165, 1.54) is 19.3 Å². The number of halogens is 2. The van der Waals surface area contributed by atoms with Gasteiger partial charge in [0, 0.05) is 17.6 Å². The molecule has 0 bridgehead atoms. The number of benzene rings is 1. The zero-order valence-corrected chi connectivity index (χ0v) is 13.9. The van der Waals surface area contributed by atoms with Gasteiger partial charge in [-0.05, 0) is 44.0 Å². The first kappa shape index (κ1) is 16.9. The highest BCUT2D eigenvalue weighted by Crippen LogP contribution is 2.27. The Morgan fingerprint density at radius 3 is 2.90 bits per heavy atom. The molecule has 0 saturated carbocycles. The lowest BCUT2D eigenvalue weighted by Gasteiger charge is -2.36. The summed E-state index contributed by atoms with van der Waals surface area (Å²) in [5.41, 5.74) is 0. The number of ether oxygens (including phenoxy) is 1. The molecule has 1 aromatic carbocycles. The standard InChI is InChI=1S/C16H23Cl2NO2/c1-2-13-5-3-4-8-19(13)10-14(20)11-21-16-7-6-12(17)9-15(16)18/h6-7,9,13-14,20H,2-5,8,10-11H2,1H3/t13-,14-/m1/s1. The fraction of sp³-hybridized carbons (Fsp3) is 0.625. The lowest BCUT2D eigenvalue weighted by molar-refractivity contribution is 0.0388. The molecule has 1 saturated heterocycles. The molecule has 0 aromatic heterocycles. The van der Waals surface area contributed by atoms with Crippen LogP contribution in [0.15, 0.2) is 18.2 Å². The molecule has 1 aliphatic heterocycles. The SMILES string of the molecule is CC[C@@H]1CCCCN1C[C@@H](O)COc1ccc(Cl)cc1Cl. The lowest BCUT2D eigenvalue weighted by Crippen LogP contribution is -2.44. The Morgan fingerprint density at radius 1 is 1.38 bits per heavy atom. The zero-order valence-electron chi connectivity index (χ0n) is 12.4. The van der Waals surface area contributed by atoms with Gasteiger partial charge >= 0.3 is 0 Å². The summed E-state index contributed by atoms with van der Waals surface area (Å²) in [7, 11) is 0. The number of hydrogen-bond acceptors (Lipinski definition) is 3. The molecule has 5 heteroatoms. The largest absolute Gasteiger partial charge is 0.489 e. The molecular weight excluding hydrogens is 309 g/mol. The van der Waals surface area contributed by atoms with Gasteiger partial charge in [-0.2, -0.15) is 0 Å². The number of rotatable bonds is 6. The first-order chi connectivity index (χ1) is 10.1. The number of hydrogen-bond donors (Lipinski definition) is 1. The van der Waals surface area contributed by atoms with Crippen molar-refractivity contribution >= 4 is 23.2 Å². The molecule has 0 unspecified atom stereocenters. The molecule has 118 valence electrons. The van der Waals surface area contributed by atoms with Crippen LogP contribution < -0.4 is 4.74 Å². The number of likely N-dealkylation sites (tertiary alicyclic amines) is 1. The number of piperidine rings is 1. The maximum absolute atomic E-state index is 10.2. The zero-order chi connectivity index (χ0) is 15.2. The maximum atomic E-state index is 10.2. The lowest BCUT2D eigenvalue weighted by atomic mass is 10.00. The first-order valence-corrected chi connectivity index (χ1v) is 8.35. The van der Waals surface area contributed by atoms with Crippen LogP contribution in [-0.2, 0) is 0 Å². The van der Waals surface area contributed by atoms with E-state index in [9.17, 15) is 5.11 Å². The van der Waals surface area contributed by atoms with E-state index < -0.39 is 6.10 Å². The van der Waals surface area contributed by atoms with E-state index in [1.807, 2.05) is 0 Å². The predicted octanol–water partition coefficient (Wildman–Crippen LogP) is 4.00.